The van der Waals surface area contributed by atoms with E-state index in [0.29, 0.717) is 5.56 Å². The smallest absolute Gasteiger partial charge is 0.357 e. The highest BCUT2D eigenvalue weighted by atomic mass is 16.5. The Morgan fingerprint density at radius 2 is 2.12 bits per heavy atom. The van der Waals surface area contributed by atoms with Crippen LogP contribution in [0.1, 0.15) is 22.5 Å². The van der Waals surface area contributed by atoms with E-state index < -0.39 is 5.97 Å². The fourth-order valence-electron chi connectivity index (χ4n) is 1.18. The molecular formula is C12H13NO4. The third-order valence-electron chi connectivity index (χ3n) is 2.03. The van der Waals surface area contributed by atoms with Crippen LogP contribution in [0, 0.1) is 0 Å². The maximum absolute atomic E-state index is 11.4. The summed E-state index contributed by atoms with van der Waals surface area (Å²) in [5, 5.41) is 0. The van der Waals surface area contributed by atoms with E-state index in [9.17, 15) is 9.59 Å². The molecular weight excluding hydrogens is 222 g/mol. The first kappa shape index (κ1) is 12.9. The van der Waals surface area contributed by atoms with Crippen molar-refractivity contribution in [1.82, 2.24) is 4.98 Å². The minimum Gasteiger partial charge on any atom is -0.469 e. The molecule has 1 aromatic heterocycles. The summed E-state index contributed by atoms with van der Waals surface area (Å²) in [4.78, 5) is 26.2. The Balaban J connectivity index is 2.83. The Kier molecular flexibility index (Phi) is 4.87. The molecule has 1 rings (SSSR count). The average Bonchev–Trinajstić information content (AvgIpc) is 2.38. The second-order valence-electron chi connectivity index (χ2n) is 3.12. The number of ether oxygens (including phenoxy) is 2. The summed E-state index contributed by atoms with van der Waals surface area (Å²) in [6, 6.07) is 3.41. The van der Waals surface area contributed by atoms with Crippen molar-refractivity contribution in [2.75, 3.05) is 14.2 Å². The number of esters is 2. The van der Waals surface area contributed by atoms with Gasteiger partial charge in [0.25, 0.3) is 0 Å². The molecule has 0 aliphatic carbocycles. The molecule has 0 spiro atoms. The molecule has 0 atom stereocenters. The van der Waals surface area contributed by atoms with Crippen LogP contribution in [-0.2, 0) is 14.3 Å². The minimum atomic E-state index is -0.511. The summed E-state index contributed by atoms with van der Waals surface area (Å²) in [7, 11) is 2.61. The van der Waals surface area contributed by atoms with E-state index in [2.05, 4.69) is 14.5 Å². The molecule has 0 saturated heterocycles. The number of carbonyl (C=O) groups excluding carboxylic acids is 2. The van der Waals surface area contributed by atoms with Gasteiger partial charge in [0, 0.05) is 11.8 Å². The predicted molar refractivity (Wildman–Crippen MR) is 61.2 cm³/mol. The molecule has 90 valence electrons. The van der Waals surface area contributed by atoms with Crippen LogP contribution in [0.4, 0.5) is 0 Å². The Labute approximate surface area is 99.1 Å². The van der Waals surface area contributed by atoms with Gasteiger partial charge in [0.05, 0.1) is 20.6 Å². The molecule has 0 amide bonds. The summed E-state index contributed by atoms with van der Waals surface area (Å²) in [6.07, 6.45) is 4.89. The fourth-order valence-corrected chi connectivity index (χ4v) is 1.18. The summed E-state index contributed by atoms with van der Waals surface area (Å²) in [5.41, 5.74) is 0.819. The van der Waals surface area contributed by atoms with Gasteiger partial charge < -0.3 is 9.47 Å². The van der Waals surface area contributed by atoms with Crippen molar-refractivity contribution < 1.29 is 19.1 Å². The number of nitrogens with zero attached hydrogens (tertiary/aromatic N) is 1. The molecule has 5 heteroatoms. The van der Waals surface area contributed by atoms with Gasteiger partial charge in [0.1, 0.15) is 0 Å². The summed E-state index contributed by atoms with van der Waals surface area (Å²) in [6.45, 7) is 0. The number of hydrogen-bond donors (Lipinski definition) is 0. The van der Waals surface area contributed by atoms with E-state index in [1.54, 1.807) is 24.3 Å². The largest absolute Gasteiger partial charge is 0.469 e. The monoisotopic (exact) mass is 235 g/mol. The first-order chi connectivity index (χ1) is 8.19. The van der Waals surface area contributed by atoms with Crippen molar-refractivity contribution in [2.45, 2.75) is 6.42 Å². The van der Waals surface area contributed by atoms with E-state index in [0.717, 1.165) is 0 Å². The molecule has 0 saturated carbocycles. The van der Waals surface area contributed by atoms with Gasteiger partial charge in [-0.3, -0.25) is 4.79 Å². The van der Waals surface area contributed by atoms with Crippen LogP contribution in [0.5, 0.6) is 0 Å². The molecule has 0 aliphatic heterocycles. The van der Waals surface area contributed by atoms with Crippen LogP contribution >= 0.6 is 0 Å². The number of carbonyl (C=O) groups is 2. The number of rotatable bonds is 4. The van der Waals surface area contributed by atoms with E-state index in [-0.39, 0.29) is 18.1 Å². The van der Waals surface area contributed by atoms with Crippen molar-refractivity contribution in [1.29, 1.82) is 0 Å². The zero-order valence-corrected chi connectivity index (χ0v) is 9.67. The van der Waals surface area contributed by atoms with Gasteiger partial charge >= 0.3 is 11.9 Å². The number of methoxy groups -OCH3 is 2. The van der Waals surface area contributed by atoms with Gasteiger partial charge in [-0.25, -0.2) is 9.78 Å². The maximum atomic E-state index is 11.4. The minimum absolute atomic E-state index is 0.145. The quantitative estimate of drug-likeness (QED) is 0.739. The van der Waals surface area contributed by atoms with Gasteiger partial charge in [-0.05, 0) is 6.07 Å². The molecule has 0 unspecified atom stereocenters. The second-order valence-corrected chi connectivity index (χ2v) is 3.12. The summed E-state index contributed by atoms with van der Waals surface area (Å²) in [5.74, 6) is -0.854. The van der Waals surface area contributed by atoms with Crippen molar-refractivity contribution in [3.05, 3.63) is 35.7 Å². The predicted octanol–water partition coefficient (Wildman–Crippen LogP) is 1.44. The Morgan fingerprint density at radius 3 is 2.76 bits per heavy atom. The van der Waals surface area contributed by atoms with Gasteiger partial charge in [-0.1, -0.05) is 18.2 Å². The lowest BCUT2D eigenvalue weighted by Crippen LogP contribution is -2.06. The van der Waals surface area contributed by atoms with Crippen LogP contribution in [-0.4, -0.2) is 31.1 Å². The standard InChI is InChI=1S/C12H13NO4/c1-16-10(14)7-3-5-9-6-4-8-13-11(9)12(15)17-2/h3-6,8H,7H2,1-2H3. The van der Waals surface area contributed by atoms with Crippen LogP contribution in [0.3, 0.4) is 0 Å². The van der Waals surface area contributed by atoms with E-state index in [1.807, 2.05) is 0 Å². The first-order valence-corrected chi connectivity index (χ1v) is 4.95. The third kappa shape index (κ3) is 3.71. The number of pyridine rings is 1. The molecule has 1 aromatic rings. The number of aromatic nitrogens is 1. The van der Waals surface area contributed by atoms with Crippen molar-refractivity contribution in [2.24, 2.45) is 0 Å². The fraction of sp³-hybridized carbons (Fsp3) is 0.250. The molecule has 5 nitrogen and oxygen atoms in total. The molecule has 0 N–H and O–H groups in total. The van der Waals surface area contributed by atoms with Crippen molar-refractivity contribution in [3.63, 3.8) is 0 Å². The molecule has 0 aliphatic rings. The lowest BCUT2D eigenvalue weighted by Gasteiger charge is -2.01. The van der Waals surface area contributed by atoms with Gasteiger partial charge in [-0.15, -0.1) is 0 Å². The molecule has 17 heavy (non-hydrogen) atoms. The number of hydrogen-bond acceptors (Lipinski definition) is 5. The Hall–Kier alpha value is -2.17. The zero-order valence-electron chi connectivity index (χ0n) is 9.67. The Morgan fingerprint density at radius 1 is 1.35 bits per heavy atom. The summed E-state index contributed by atoms with van der Waals surface area (Å²) < 4.78 is 9.09. The van der Waals surface area contributed by atoms with E-state index in [4.69, 9.17) is 0 Å². The van der Waals surface area contributed by atoms with Gasteiger partial charge in [-0.2, -0.15) is 0 Å². The topological polar surface area (TPSA) is 65.5 Å². The van der Waals surface area contributed by atoms with E-state index in [1.165, 1.54) is 20.4 Å². The van der Waals surface area contributed by atoms with Crippen LogP contribution in [0.2, 0.25) is 0 Å². The molecule has 0 aromatic carbocycles. The highest BCUT2D eigenvalue weighted by Gasteiger charge is 2.10. The highest BCUT2D eigenvalue weighted by molar-refractivity contribution is 5.91. The Bertz CT molecular complexity index is 440. The molecule has 0 fully saturated rings. The SMILES string of the molecule is COC(=O)CC=Cc1cccnc1C(=O)OC. The third-order valence-corrected chi connectivity index (χ3v) is 2.03. The van der Waals surface area contributed by atoms with Crippen LogP contribution in [0.15, 0.2) is 24.4 Å². The molecule has 1 heterocycles. The lowest BCUT2D eigenvalue weighted by molar-refractivity contribution is -0.139. The van der Waals surface area contributed by atoms with Crippen molar-refractivity contribution >= 4 is 18.0 Å². The van der Waals surface area contributed by atoms with Crippen LogP contribution in [0.25, 0.3) is 6.08 Å². The van der Waals surface area contributed by atoms with Crippen LogP contribution < -0.4 is 0 Å². The highest BCUT2D eigenvalue weighted by Crippen LogP contribution is 2.09. The van der Waals surface area contributed by atoms with Gasteiger partial charge in [0.2, 0.25) is 0 Å². The maximum Gasteiger partial charge on any atom is 0.357 e. The van der Waals surface area contributed by atoms with Crippen molar-refractivity contribution in [3.8, 4) is 0 Å². The van der Waals surface area contributed by atoms with Gasteiger partial charge in [0.15, 0.2) is 5.69 Å². The molecule has 0 radical (unpaired) electrons. The average molecular weight is 235 g/mol. The zero-order chi connectivity index (χ0) is 12.7. The van der Waals surface area contributed by atoms with E-state index >= 15 is 0 Å². The molecule has 0 bridgehead atoms. The summed E-state index contributed by atoms with van der Waals surface area (Å²) >= 11 is 0. The first-order valence-electron chi connectivity index (χ1n) is 4.95. The lowest BCUT2D eigenvalue weighted by atomic mass is 10.1. The normalized spacial score (nSPS) is 10.2. The second kappa shape index (κ2) is 6.42.